The fourth-order valence-corrected chi connectivity index (χ4v) is 1.41. The van der Waals surface area contributed by atoms with Crippen molar-refractivity contribution in [3.63, 3.8) is 0 Å². The zero-order chi connectivity index (χ0) is 11.3. The van der Waals surface area contributed by atoms with Crippen LogP contribution >= 0.6 is 0 Å². The van der Waals surface area contributed by atoms with E-state index >= 15 is 0 Å². The predicted octanol–water partition coefficient (Wildman–Crippen LogP) is 2.89. The van der Waals surface area contributed by atoms with Crippen molar-refractivity contribution in [3.8, 4) is 6.07 Å². The summed E-state index contributed by atoms with van der Waals surface area (Å²) in [5.41, 5.74) is 0.363. The van der Waals surface area contributed by atoms with Crippen LogP contribution in [-0.2, 0) is 6.42 Å². The van der Waals surface area contributed by atoms with Crippen molar-refractivity contribution in [3.05, 3.63) is 34.9 Å². The van der Waals surface area contributed by atoms with Crippen molar-refractivity contribution in [2.75, 3.05) is 0 Å². The van der Waals surface area contributed by atoms with Crippen LogP contribution in [0.2, 0.25) is 0 Å². The molecule has 0 aliphatic rings. The first-order valence-electron chi connectivity index (χ1n) is 4.42. The molecule has 0 saturated carbocycles. The summed E-state index contributed by atoms with van der Waals surface area (Å²) in [6.07, 6.45) is -1.76. The summed E-state index contributed by atoms with van der Waals surface area (Å²) < 4.78 is 25.1. The maximum atomic E-state index is 12.6. The van der Waals surface area contributed by atoms with E-state index in [1.54, 1.807) is 0 Å². The molecule has 1 aromatic rings. The SMILES string of the molecule is N#CCCc1c(C=O)cccc1C(F)F. The van der Waals surface area contributed by atoms with Gasteiger partial charge in [0.2, 0.25) is 0 Å². The molecule has 0 amide bonds. The molecule has 0 aliphatic carbocycles. The summed E-state index contributed by atoms with van der Waals surface area (Å²) in [4.78, 5) is 10.6. The first-order valence-corrected chi connectivity index (χ1v) is 4.42. The van der Waals surface area contributed by atoms with E-state index in [0.29, 0.717) is 6.29 Å². The van der Waals surface area contributed by atoms with Gasteiger partial charge in [0.05, 0.1) is 6.07 Å². The van der Waals surface area contributed by atoms with E-state index in [1.807, 2.05) is 6.07 Å². The molecule has 78 valence electrons. The third-order valence-corrected chi connectivity index (χ3v) is 2.10. The minimum atomic E-state index is -2.61. The molecule has 0 radical (unpaired) electrons. The van der Waals surface area contributed by atoms with Gasteiger partial charge in [-0.15, -0.1) is 0 Å². The van der Waals surface area contributed by atoms with Gasteiger partial charge in [-0.25, -0.2) is 8.78 Å². The monoisotopic (exact) mass is 209 g/mol. The highest BCUT2D eigenvalue weighted by molar-refractivity contribution is 5.78. The van der Waals surface area contributed by atoms with Crippen LogP contribution in [-0.4, -0.2) is 6.29 Å². The van der Waals surface area contributed by atoms with Crippen LogP contribution in [0.3, 0.4) is 0 Å². The number of nitriles is 1. The average Bonchev–Trinajstić information content (AvgIpc) is 2.25. The molecule has 0 atom stereocenters. The Morgan fingerprint density at radius 1 is 1.47 bits per heavy atom. The number of aldehydes is 1. The topological polar surface area (TPSA) is 40.9 Å². The lowest BCUT2D eigenvalue weighted by Gasteiger charge is -2.09. The highest BCUT2D eigenvalue weighted by Crippen LogP contribution is 2.25. The summed E-state index contributed by atoms with van der Waals surface area (Å²) in [6.45, 7) is 0. The van der Waals surface area contributed by atoms with E-state index in [9.17, 15) is 13.6 Å². The maximum absolute atomic E-state index is 12.6. The molecule has 0 bridgehead atoms. The zero-order valence-corrected chi connectivity index (χ0v) is 7.91. The summed E-state index contributed by atoms with van der Waals surface area (Å²) in [5, 5.41) is 8.39. The normalized spacial score (nSPS) is 10.0. The van der Waals surface area contributed by atoms with Crippen LogP contribution in [0, 0.1) is 11.3 Å². The molecule has 15 heavy (non-hydrogen) atoms. The maximum Gasteiger partial charge on any atom is 0.264 e. The van der Waals surface area contributed by atoms with Crippen molar-refractivity contribution in [2.45, 2.75) is 19.3 Å². The Hall–Kier alpha value is -1.76. The van der Waals surface area contributed by atoms with Crippen molar-refractivity contribution >= 4 is 6.29 Å². The van der Waals surface area contributed by atoms with Gasteiger partial charge >= 0.3 is 0 Å². The number of nitrogens with zero attached hydrogens (tertiary/aromatic N) is 1. The number of benzene rings is 1. The number of carbonyl (C=O) groups is 1. The third-order valence-electron chi connectivity index (χ3n) is 2.10. The molecular formula is C11H9F2NO. The van der Waals surface area contributed by atoms with Crippen molar-refractivity contribution in [2.24, 2.45) is 0 Å². The Morgan fingerprint density at radius 3 is 2.73 bits per heavy atom. The number of rotatable bonds is 4. The van der Waals surface area contributed by atoms with Gasteiger partial charge in [0, 0.05) is 17.5 Å². The molecule has 0 spiro atoms. The van der Waals surface area contributed by atoms with Crippen molar-refractivity contribution in [1.29, 1.82) is 5.26 Å². The van der Waals surface area contributed by atoms with E-state index in [2.05, 4.69) is 0 Å². The smallest absolute Gasteiger partial charge is 0.264 e. The van der Waals surface area contributed by atoms with E-state index in [1.165, 1.54) is 18.2 Å². The largest absolute Gasteiger partial charge is 0.298 e. The summed E-state index contributed by atoms with van der Waals surface area (Å²) >= 11 is 0. The highest BCUT2D eigenvalue weighted by atomic mass is 19.3. The number of carbonyl (C=O) groups excluding carboxylic acids is 1. The second kappa shape index (κ2) is 5.20. The Labute approximate surface area is 86.1 Å². The first-order chi connectivity index (χ1) is 7.20. The van der Waals surface area contributed by atoms with Crippen LogP contribution in [0.4, 0.5) is 8.78 Å². The lowest BCUT2D eigenvalue weighted by Crippen LogP contribution is -2.00. The zero-order valence-electron chi connectivity index (χ0n) is 7.91. The van der Waals surface area contributed by atoms with E-state index in [4.69, 9.17) is 5.26 Å². The molecule has 0 heterocycles. The Bertz CT molecular complexity index is 396. The molecular weight excluding hydrogens is 200 g/mol. The lowest BCUT2D eigenvalue weighted by molar-refractivity contribution is 0.112. The van der Waals surface area contributed by atoms with E-state index in [-0.39, 0.29) is 29.5 Å². The molecule has 2 nitrogen and oxygen atoms in total. The van der Waals surface area contributed by atoms with Crippen molar-refractivity contribution in [1.82, 2.24) is 0 Å². The fraction of sp³-hybridized carbons (Fsp3) is 0.273. The molecule has 0 saturated heterocycles. The Morgan fingerprint density at radius 2 is 2.20 bits per heavy atom. The molecule has 0 fully saturated rings. The average molecular weight is 209 g/mol. The van der Waals surface area contributed by atoms with Crippen LogP contribution in [0.1, 0.15) is 34.3 Å². The van der Waals surface area contributed by atoms with Crippen LogP contribution in [0.15, 0.2) is 18.2 Å². The number of halogens is 2. The van der Waals surface area contributed by atoms with Crippen LogP contribution < -0.4 is 0 Å². The van der Waals surface area contributed by atoms with Crippen LogP contribution in [0.5, 0.6) is 0 Å². The fourth-order valence-electron chi connectivity index (χ4n) is 1.41. The minimum Gasteiger partial charge on any atom is -0.298 e. The Balaban J connectivity index is 3.15. The predicted molar refractivity (Wildman–Crippen MR) is 50.7 cm³/mol. The molecule has 0 aliphatic heterocycles. The second-order valence-electron chi connectivity index (χ2n) is 2.99. The third kappa shape index (κ3) is 2.59. The van der Waals surface area contributed by atoms with Crippen LogP contribution in [0.25, 0.3) is 0 Å². The van der Waals surface area contributed by atoms with Gasteiger partial charge in [0.15, 0.2) is 0 Å². The quantitative estimate of drug-likeness (QED) is 0.715. The van der Waals surface area contributed by atoms with Gasteiger partial charge in [-0.05, 0) is 12.0 Å². The molecule has 1 rings (SSSR count). The number of alkyl halides is 2. The lowest BCUT2D eigenvalue weighted by atomic mass is 9.98. The highest BCUT2D eigenvalue weighted by Gasteiger charge is 2.15. The molecule has 4 heteroatoms. The van der Waals surface area contributed by atoms with Crippen molar-refractivity contribution < 1.29 is 13.6 Å². The first kappa shape index (κ1) is 11.3. The Kier molecular flexibility index (Phi) is 3.92. The summed E-state index contributed by atoms with van der Waals surface area (Å²) in [6, 6.07) is 6.05. The molecule has 0 N–H and O–H groups in total. The standard InChI is InChI=1S/C11H9F2NO/c12-11(13)10-4-1-3-8(7-15)9(10)5-2-6-14/h1,3-4,7,11H,2,5H2. The summed E-state index contributed by atoms with van der Waals surface area (Å²) in [7, 11) is 0. The van der Waals surface area contributed by atoms with Gasteiger partial charge < -0.3 is 0 Å². The van der Waals surface area contributed by atoms with Gasteiger partial charge in [-0.1, -0.05) is 18.2 Å². The van der Waals surface area contributed by atoms with E-state index < -0.39 is 6.43 Å². The molecule has 1 aromatic carbocycles. The van der Waals surface area contributed by atoms with E-state index in [0.717, 1.165) is 0 Å². The van der Waals surface area contributed by atoms with Gasteiger partial charge in [-0.3, -0.25) is 4.79 Å². The second-order valence-corrected chi connectivity index (χ2v) is 2.99. The molecule has 0 aromatic heterocycles. The van der Waals surface area contributed by atoms with Gasteiger partial charge in [0.1, 0.15) is 6.29 Å². The molecule has 0 unspecified atom stereocenters. The number of hydrogen-bond acceptors (Lipinski definition) is 2. The van der Waals surface area contributed by atoms with Gasteiger partial charge in [0.25, 0.3) is 6.43 Å². The summed E-state index contributed by atoms with van der Waals surface area (Å²) in [5.74, 6) is 0. The minimum absolute atomic E-state index is 0.130. The van der Waals surface area contributed by atoms with Gasteiger partial charge in [-0.2, -0.15) is 5.26 Å². The number of hydrogen-bond donors (Lipinski definition) is 0.